The lowest BCUT2D eigenvalue weighted by Gasteiger charge is -2.10. The molecule has 1 N–H and O–H groups in total. The minimum absolute atomic E-state index is 0.0147. The van der Waals surface area contributed by atoms with Gasteiger partial charge in [-0.25, -0.2) is 13.1 Å². The molecule has 0 fully saturated rings. The number of sulfonamides is 1. The van der Waals surface area contributed by atoms with Gasteiger partial charge in [-0.2, -0.15) is 5.10 Å². The molecule has 0 amide bonds. The van der Waals surface area contributed by atoms with Crippen LogP contribution in [0.1, 0.15) is 12.6 Å². The van der Waals surface area contributed by atoms with E-state index < -0.39 is 10.0 Å². The number of rotatable bonds is 5. The quantitative estimate of drug-likeness (QED) is 0.823. The van der Waals surface area contributed by atoms with E-state index in [1.54, 1.807) is 16.9 Å². The van der Waals surface area contributed by atoms with Crippen molar-refractivity contribution in [3.63, 3.8) is 0 Å². The van der Waals surface area contributed by atoms with Gasteiger partial charge in [0.25, 0.3) is 0 Å². The lowest BCUT2D eigenvalue weighted by molar-refractivity contribution is 0.570. The van der Waals surface area contributed by atoms with Crippen molar-refractivity contribution >= 4 is 44.8 Å². The fourth-order valence-corrected chi connectivity index (χ4v) is 3.75. The topological polar surface area (TPSA) is 64.0 Å². The maximum absolute atomic E-state index is 12.3. The maximum Gasteiger partial charge on any atom is 0.242 e. The predicted octanol–water partition coefficient (Wildman–Crippen LogP) is 3.34. The zero-order valence-electron chi connectivity index (χ0n) is 11.0. The monoisotopic (exact) mass is 367 g/mol. The van der Waals surface area contributed by atoms with Gasteiger partial charge in [-0.05, 0) is 25.1 Å². The van der Waals surface area contributed by atoms with Crippen molar-refractivity contribution in [2.75, 3.05) is 0 Å². The van der Waals surface area contributed by atoms with Gasteiger partial charge in [0.15, 0.2) is 0 Å². The van der Waals surface area contributed by atoms with Crippen LogP contribution in [0.25, 0.3) is 0 Å². The molecule has 0 spiro atoms. The van der Waals surface area contributed by atoms with E-state index in [2.05, 4.69) is 9.82 Å². The lowest BCUT2D eigenvalue weighted by Crippen LogP contribution is -2.25. The standard InChI is InChI=1S/C12H12Cl3N3O2S/c1-2-18-8(3-4-16-18)7-17-21(19,20)12-6-10(14)9(13)5-11(12)15/h3-6,17H,2,7H2,1H3. The van der Waals surface area contributed by atoms with Crippen molar-refractivity contribution in [2.24, 2.45) is 0 Å². The molecule has 114 valence electrons. The summed E-state index contributed by atoms with van der Waals surface area (Å²) in [4.78, 5) is -0.110. The summed E-state index contributed by atoms with van der Waals surface area (Å²) < 4.78 is 28.7. The Bertz CT molecular complexity index is 759. The van der Waals surface area contributed by atoms with E-state index in [1.807, 2.05) is 6.92 Å². The summed E-state index contributed by atoms with van der Waals surface area (Å²) in [6.07, 6.45) is 1.61. The van der Waals surface area contributed by atoms with E-state index in [0.717, 1.165) is 5.69 Å². The maximum atomic E-state index is 12.3. The van der Waals surface area contributed by atoms with E-state index in [4.69, 9.17) is 34.8 Å². The van der Waals surface area contributed by atoms with Crippen molar-refractivity contribution in [3.8, 4) is 0 Å². The number of nitrogens with zero attached hydrogens (tertiary/aromatic N) is 2. The van der Waals surface area contributed by atoms with Crippen molar-refractivity contribution in [3.05, 3.63) is 45.2 Å². The van der Waals surface area contributed by atoms with Crippen molar-refractivity contribution < 1.29 is 8.42 Å². The van der Waals surface area contributed by atoms with Crippen LogP contribution in [0.5, 0.6) is 0 Å². The smallest absolute Gasteiger partial charge is 0.242 e. The summed E-state index contributed by atoms with van der Waals surface area (Å²) in [5.41, 5.74) is 0.747. The van der Waals surface area contributed by atoms with Gasteiger partial charge < -0.3 is 0 Å². The van der Waals surface area contributed by atoms with Crippen LogP contribution < -0.4 is 4.72 Å². The highest BCUT2D eigenvalue weighted by atomic mass is 35.5. The molecule has 1 heterocycles. The van der Waals surface area contributed by atoms with E-state index in [0.29, 0.717) is 6.54 Å². The second kappa shape index (κ2) is 6.54. The summed E-state index contributed by atoms with van der Waals surface area (Å²) in [5.74, 6) is 0. The van der Waals surface area contributed by atoms with E-state index >= 15 is 0 Å². The van der Waals surface area contributed by atoms with Crippen LogP contribution in [-0.4, -0.2) is 18.2 Å². The molecule has 2 aromatic rings. The second-order valence-corrected chi connectivity index (χ2v) is 7.12. The molecule has 0 bridgehead atoms. The summed E-state index contributed by atoms with van der Waals surface area (Å²) in [6, 6.07) is 4.27. The summed E-state index contributed by atoms with van der Waals surface area (Å²) in [7, 11) is -3.80. The predicted molar refractivity (Wildman–Crippen MR) is 83.4 cm³/mol. The van der Waals surface area contributed by atoms with E-state index in [9.17, 15) is 8.42 Å². The Kier molecular flexibility index (Phi) is 5.16. The average molecular weight is 369 g/mol. The van der Waals surface area contributed by atoms with Crippen molar-refractivity contribution in [2.45, 2.75) is 24.9 Å². The molecule has 5 nitrogen and oxygen atoms in total. The molecule has 0 unspecified atom stereocenters. The van der Waals surface area contributed by atoms with Crippen molar-refractivity contribution in [1.29, 1.82) is 0 Å². The normalized spacial score (nSPS) is 11.8. The molecular weight excluding hydrogens is 357 g/mol. The SMILES string of the molecule is CCn1nccc1CNS(=O)(=O)c1cc(Cl)c(Cl)cc1Cl. The van der Waals surface area contributed by atoms with Gasteiger partial charge in [0.2, 0.25) is 10.0 Å². The Morgan fingerprint density at radius 3 is 2.52 bits per heavy atom. The van der Waals surface area contributed by atoms with Gasteiger partial charge in [-0.3, -0.25) is 4.68 Å². The zero-order valence-corrected chi connectivity index (χ0v) is 14.1. The van der Waals surface area contributed by atoms with Gasteiger partial charge in [-0.1, -0.05) is 34.8 Å². The van der Waals surface area contributed by atoms with Crippen LogP contribution in [-0.2, 0) is 23.1 Å². The van der Waals surface area contributed by atoms with Gasteiger partial charge in [-0.15, -0.1) is 0 Å². The molecule has 0 aliphatic heterocycles. The molecule has 0 radical (unpaired) electrons. The van der Waals surface area contributed by atoms with Gasteiger partial charge in [0, 0.05) is 12.7 Å². The average Bonchev–Trinajstić information content (AvgIpc) is 2.88. The molecule has 1 aromatic heterocycles. The van der Waals surface area contributed by atoms with Crippen LogP contribution in [0.2, 0.25) is 15.1 Å². The third kappa shape index (κ3) is 3.70. The molecule has 2 rings (SSSR count). The van der Waals surface area contributed by atoms with Gasteiger partial charge >= 0.3 is 0 Å². The minimum atomic E-state index is -3.80. The Balaban J connectivity index is 2.25. The number of hydrogen-bond acceptors (Lipinski definition) is 3. The van der Waals surface area contributed by atoms with Gasteiger partial charge in [0.1, 0.15) is 4.90 Å². The fraction of sp³-hybridized carbons (Fsp3) is 0.250. The molecule has 1 aromatic carbocycles. The fourth-order valence-electron chi connectivity index (χ4n) is 1.75. The third-order valence-corrected chi connectivity index (χ3v) is 5.40. The first-order valence-electron chi connectivity index (χ1n) is 6.00. The zero-order chi connectivity index (χ0) is 15.6. The number of aromatic nitrogens is 2. The summed E-state index contributed by atoms with van der Waals surface area (Å²) >= 11 is 17.6. The number of hydrogen-bond donors (Lipinski definition) is 1. The van der Waals surface area contributed by atoms with E-state index in [1.165, 1.54) is 12.1 Å². The molecule has 21 heavy (non-hydrogen) atoms. The Morgan fingerprint density at radius 2 is 1.86 bits per heavy atom. The van der Waals surface area contributed by atoms with Crippen LogP contribution in [0.3, 0.4) is 0 Å². The molecule has 9 heteroatoms. The highest BCUT2D eigenvalue weighted by Crippen LogP contribution is 2.31. The van der Waals surface area contributed by atoms with Crippen molar-refractivity contribution in [1.82, 2.24) is 14.5 Å². The number of nitrogens with one attached hydrogen (secondary N) is 1. The van der Waals surface area contributed by atoms with Crippen LogP contribution in [0, 0.1) is 0 Å². The highest BCUT2D eigenvalue weighted by Gasteiger charge is 2.20. The van der Waals surface area contributed by atoms with Gasteiger partial charge in [0.05, 0.1) is 27.3 Å². The molecule has 0 saturated heterocycles. The highest BCUT2D eigenvalue weighted by molar-refractivity contribution is 7.89. The number of halogens is 3. The Hall–Kier alpha value is -0.790. The third-order valence-electron chi connectivity index (χ3n) is 2.81. The summed E-state index contributed by atoms with van der Waals surface area (Å²) in [6.45, 7) is 2.67. The number of benzene rings is 1. The number of aryl methyl sites for hydroxylation is 1. The lowest BCUT2D eigenvalue weighted by atomic mass is 10.4. The first-order chi connectivity index (χ1) is 9.85. The summed E-state index contributed by atoms with van der Waals surface area (Å²) in [5, 5.41) is 4.41. The molecular formula is C12H12Cl3N3O2S. The molecule has 0 atom stereocenters. The molecule has 0 aliphatic carbocycles. The first-order valence-corrected chi connectivity index (χ1v) is 8.61. The van der Waals surface area contributed by atoms with E-state index in [-0.39, 0.29) is 26.5 Å². The Morgan fingerprint density at radius 1 is 1.19 bits per heavy atom. The Labute approximate surface area is 137 Å². The molecule has 0 aliphatic rings. The van der Waals surface area contributed by atoms with Crippen LogP contribution in [0.4, 0.5) is 0 Å². The van der Waals surface area contributed by atoms with Crippen LogP contribution in [0.15, 0.2) is 29.3 Å². The first kappa shape index (κ1) is 16.6. The largest absolute Gasteiger partial charge is 0.269 e. The molecule has 0 saturated carbocycles. The minimum Gasteiger partial charge on any atom is -0.269 e. The second-order valence-electron chi connectivity index (χ2n) is 4.16. The van der Waals surface area contributed by atoms with Crippen LogP contribution >= 0.6 is 34.8 Å².